The first-order chi connectivity index (χ1) is 5.11. The number of hydrogen-bond acceptors (Lipinski definition) is 3. The van der Waals surface area contributed by atoms with E-state index in [2.05, 4.69) is 0 Å². The van der Waals surface area contributed by atoms with Crippen molar-refractivity contribution in [1.29, 1.82) is 0 Å². The van der Waals surface area contributed by atoms with Gasteiger partial charge in [0.05, 0.1) is 6.10 Å². The van der Waals surface area contributed by atoms with Gasteiger partial charge in [-0.2, -0.15) is 0 Å². The van der Waals surface area contributed by atoms with Gasteiger partial charge in [0.25, 0.3) is 0 Å². The van der Waals surface area contributed by atoms with Crippen LogP contribution in [0.1, 0.15) is 19.3 Å². The number of carboxylic acid groups (broad SMARTS) is 1. The lowest BCUT2D eigenvalue weighted by Gasteiger charge is -2.12. The van der Waals surface area contributed by atoms with E-state index in [1.165, 1.54) is 0 Å². The molecule has 3 unspecified atom stereocenters. The predicted octanol–water partition coefficient (Wildman–Crippen LogP) is -0.407. The van der Waals surface area contributed by atoms with Gasteiger partial charge in [0.1, 0.15) is 0 Å². The van der Waals surface area contributed by atoms with Gasteiger partial charge in [-0.05, 0) is 25.2 Å². The van der Waals surface area contributed by atoms with Crippen LogP contribution in [-0.4, -0.2) is 33.5 Å². The van der Waals surface area contributed by atoms with Crippen molar-refractivity contribution in [2.75, 3.05) is 0 Å². The van der Waals surface area contributed by atoms with Crippen molar-refractivity contribution in [2.45, 2.75) is 31.5 Å². The molecule has 1 saturated carbocycles. The maximum absolute atomic E-state index is 10.3. The molecule has 1 rings (SSSR count). The molecule has 3 N–H and O–H groups in total. The molecule has 64 valence electrons. The number of aliphatic hydroxyl groups excluding tert-OH is 2. The van der Waals surface area contributed by atoms with E-state index >= 15 is 0 Å². The van der Waals surface area contributed by atoms with E-state index in [-0.39, 0.29) is 5.92 Å². The first kappa shape index (κ1) is 8.49. The summed E-state index contributed by atoms with van der Waals surface area (Å²) < 4.78 is 0. The van der Waals surface area contributed by atoms with Gasteiger partial charge < -0.3 is 15.3 Å². The zero-order chi connectivity index (χ0) is 8.43. The highest BCUT2D eigenvalue weighted by molar-refractivity contribution is 5.72. The molecule has 0 aromatic rings. The third-order valence-electron chi connectivity index (χ3n) is 2.15. The second-order valence-corrected chi connectivity index (χ2v) is 3.01. The molecule has 4 nitrogen and oxygen atoms in total. The monoisotopic (exact) mass is 160 g/mol. The van der Waals surface area contributed by atoms with Crippen LogP contribution < -0.4 is 0 Å². The van der Waals surface area contributed by atoms with Gasteiger partial charge in [0.15, 0.2) is 6.10 Å². The van der Waals surface area contributed by atoms with Gasteiger partial charge in [0, 0.05) is 0 Å². The lowest BCUT2D eigenvalue weighted by Crippen LogP contribution is -2.27. The van der Waals surface area contributed by atoms with Crippen LogP contribution in [0.3, 0.4) is 0 Å². The molecule has 0 aliphatic heterocycles. The van der Waals surface area contributed by atoms with Crippen molar-refractivity contribution in [2.24, 2.45) is 5.92 Å². The van der Waals surface area contributed by atoms with Crippen LogP contribution in [0.15, 0.2) is 0 Å². The third-order valence-corrected chi connectivity index (χ3v) is 2.15. The maximum Gasteiger partial charge on any atom is 0.332 e. The van der Waals surface area contributed by atoms with Crippen LogP contribution in [0.25, 0.3) is 0 Å². The van der Waals surface area contributed by atoms with Gasteiger partial charge in [-0.3, -0.25) is 0 Å². The molecular weight excluding hydrogens is 148 g/mol. The Labute approximate surface area is 64.5 Å². The molecule has 0 heterocycles. The molecule has 4 heteroatoms. The highest BCUT2D eigenvalue weighted by Gasteiger charge is 2.32. The standard InChI is InChI=1S/C7H12O4/c8-5-2-1-4(3-5)6(9)7(10)11/h4-6,8-9H,1-3H2,(H,10,11). The summed E-state index contributed by atoms with van der Waals surface area (Å²) in [5.74, 6) is -1.45. The Morgan fingerprint density at radius 1 is 1.45 bits per heavy atom. The first-order valence-corrected chi connectivity index (χ1v) is 3.70. The second kappa shape index (κ2) is 3.19. The van der Waals surface area contributed by atoms with Crippen molar-refractivity contribution < 1.29 is 20.1 Å². The Morgan fingerprint density at radius 2 is 2.09 bits per heavy atom. The zero-order valence-corrected chi connectivity index (χ0v) is 6.10. The number of aliphatic hydroxyl groups is 2. The summed E-state index contributed by atoms with van der Waals surface area (Å²) in [5, 5.41) is 26.5. The molecule has 0 aromatic carbocycles. The highest BCUT2D eigenvalue weighted by Crippen LogP contribution is 2.28. The highest BCUT2D eigenvalue weighted by atomic mass is 16.4. The molecule has 0 saturated heterocycles. The summed E-state index contributed by atoms with van der Waals surface area (Å²) >= 11 is 0. The molecule has 0 aromatic heterocycles. The van der Waals surface area contributed by atoms with Crippen LogP contribution >= 0.6 is 0 Å². The fraction of sp³-hybridized carbons (Fsp3) is 0.857. The molecule has 3 atom stereocenters. The molecule has 0 spiro atoms. The number of aliphatic carboxylic acids is 1. The Balaban J connectivity index is 2.43. The van der Waals surface area contributed by atoms with Crippen molar-refractivity contribution >= 4 is 5.97 Å². The van der Waals surface area contributed by atoms with E-state index in [0.717, 1.165) is 0 Å². The van der Waals surface area contributed by atoms with E-state index in [1.807, 2.05) is 0 Å². The molecule has 0 amide bonds. The molecule has 0 radical (unpaired) electrons. The molecule has 1 fully saturated rings. The number of rotatable bonds is 2. The Morgan fingerprint density at radius 3 is 2.45 bits per heavy atom. The van der Waals surface area contributed by atoms with E-state index in [4.69, 9.17) is 15.3 Å². The van der Waals surface area contributed by atoms with Crippen molar-refractivity contribution in [3.8, 4) is 0 Å². The van der Waals surface area contributed by atoms with E-state index < -0.39 is 18.2 Å². The van der Waals surface area contributed by atoms with Crippen molar-refractivity contribution in [1.82, 2.24) is 0 Å². The first-order valence-electron chi connectivity index (χ1n) is 3.70. The van der Waals surface area contributed by atoms with Crippen LogP contribution in [0.4, 0.5) is 0 Å². The average Bonchev–Trinajstić information content (AvgIpc) is 2.34. The van der Waals surface area contributed by atoms with E-state index in [0.29, 0.717) is 19.3 Å². The Kier molecular flexibility index (Phi) is 2.46. The summed E-state index contributed by atoms with van der Waals surface area (Å²) in [6, 6.07) is 0. The fourth-order valence-electron chi connectivity index (χ4n) is 1.48. The number of carboxylic acids is 1. The molecule has 11 heavy (non-hydrogen) atoms. The third kappa shape index (κ3) is 1.91. The van der Waals surface area contributed by atoms with Crippen LogP contribution in [0.2, 0.25) is 0 Å². The lowest BCUT2D eigenvalue weighted by molar-refractivity contribution is -0.149. The number of hydrogen-bond donors (Lipinski definition) is 3. The minimum atomic E-state index is -1.30. The van der Waals surface area contributed by atoms with Gasteiger partial charge >= 0.3 is 5.97 Å². The quantitative estimate of drug-likeness (QED) is 0.513. The summed E-state index contributed by atoms with van der Waals surface area (Å²) in [6.07, 6.45) is -0.0990. The summed E-state index contributed by atoms with van der Waals surface area (Å²) in [5.41, 5.74) is 0. The van der Waals surface area contributed by atoms with Crippen LogP contribution in [-0.2, 0) is 4.79 Å². The smallest absolute Gasteiger partial charge is 0.332 e. The van der Waals surface area contributed by atoms with Gasteiger partial charge in [-0.15, -0.1) is 0 Å². The summed E-state index contributed by atoms with van der Waals surface area (Å²) in [4.78, 5) is 10.3. The normalized spacial score (nSPS) is 33.6. The van der Waals surface area contributed by atoms with Crippen molar-refractivity contribution in [3.63, 3.8) is 0 Å². The largest absolute Gasteiger partial charge is 0.479 e. The SMILES string of the molecule is O=C(O)C(O)C1CCC(O)C1. The Hall–Kier alpha value is -0.610. The minimum Gasteiger partial charge on any atom is -0.479 e. The zero-order valence-electron chi connectivity index (χ0n) is 6.10. The molecular formula is C7H12O4. The predicted molar refractivity (Wildman–Crippen MR) is 37.0 cm³/mol. The molecule has 1 aliphatic rings. The minimum absolute atomic E-state index is 0.262. The second-order valence-electron chi connectivity index (χ2n) is 3.01. The van der Waals surface area contributed by atoms with E-state index in [1.54, 1.807) is 0 Å². The maximum atomic E-state index is 10.3. The fourth-order valence-corrected chi connectivity index (χ4v) is 1.48. The Bertz CT molecular complexity index is 157. The average molecular weight is 160 g/mol. The van der Waals surface area contributed by atoms with Gasteiger partial charge in [-0.25, -0.2) is 4.79 Å². The molecule has 1 aliphatic carbocycles. The number of carbonyl (C=O) groups is 1. The van der Waals surface area contributed by atoms with Crippen LogP contribution in [0, 0.1) is 5.92 Å². The summed E-state index contributed by atoms with van der Waals surface area (Å²) in [6.45, 7) is 0. The lowest BCUT2D eigenvalue weighted by atomic mass is 10.0. The van der Waals surface area contributed by atoms with Gasteiger partial charge in [0.2, 0.25) is 0 Å². The van der Waals surface area contributed by atoms with Crippen molar-refractivity contribution in [3.05, 3.63) is 0 Å². The van der Waals surface area contributed by atoms with Gasteiger partial charge in [-0.1, -0.05) is 0 Å². The molecule has 0 bridgehead atoms. The van der Waals surface area contributed by atoms with E-state index in [9.17, 15) is 4.79 Å². The summed E-state index contributed by atoms with van der Waals surface area (Å²) in [7, 11) is 0. The van der Waals surface area contributed by atoms with Crippen LogP contribution in [0.5, 0.6) is 0 Å². The topological polar surface area (TPSA) is 77.8 Å².